The van der Waals surface area contributed by atoms with Crippen molar-refractivity contribution in [3.63, 3.8) is 0 Å². The number of aromatic nitrogens is 2. The number of rotatable bonds is 7. The van der Waals surface area contributed by atoms with Crippen molar-refractivity contribution in [2.24, 2.45) is 0 Å². The Morgan fingerprint density at radius 2 is 1.95 bits per heavy atom. The fourth-order valence-corrected chi connectivity index (χ4v) is 1.99. The molecule has 0 radical (unpaired) electrons. The van der Waals surface area contributed by atoms with Crippen LogP contribution < -0.4 is 15.0 Å². The lowest BCUT2D eigenvalue weighted by Gasteiger charge is -2.19. The lowest BCUT2D eigenvalue weighted by Crippen LogP contribution is -2.18. The maximum absolute atomic E-state index is 5.17. The molecule has 2 rings (SSSR count). The molecule has 1 aromatic heterocycles. The molecule has 0 fully saturated rings. The molecule has 112 valence electrons. The summed E-state index contributed by atoms with van der Waals surface area (Å²) >= 11 is 0. The maximum Gasteiger partial charge on any atom is 0.134 e. The van der Waals surface area contributed by atoms with Crippen LogP contribution in [-0.2, 0) is 6.54 Å². The number of nitrogens with one attached hydrogen (secondary N) is 1. The van der Waals surface area contributed by atoms with Crippen LogP contribution in [0, 0.1) is 0 Å². The van der Waals surface area contributed by atoms with Crippen molar-refractivity contribution in [1.29, 1.82) is 0 Å². The van der Waals surface area contributed by atoms with Crippen LogP contribution >= 0.6 is 0 Å². The van der Waals surface area contributed by atoms with E-state index in [0.717, 1.165) is 36.9 Å². The molecule has 0 atom stereocenters. The van der Waals surface area contributed by atoms with Crippen LogP contribution in [0.15, 0.2) is 36.7 Å². The van der Waals surface area contributed by atoms with Gasteiger partial charge >= 0.3 is 0 Å². The molecule has 5 nitrogen and oxygen atoms in total. The van der Waals surface area contributed by atoms with Gasteiger partial charge in [-0.3, -0.25) is 0 Å². The molecule has 1 heterocycles. The average molecular weight is 286 g/mol. The number of hydrogen-bond donors (Lipinski definition) is 1. The fraction of sp³-hybridized carbons (Fsp3) is 0.375. The molecule has 0 spiro atoms. The summed E-state index contributed by atoms with van der Waals surface area (Å²) in [7, 11) is 3.70. The molecule has 5 heteroatoms. The summed E-state index contributed by atoms with van der Waals surface area (Å²) in [4.78, 5) is 10.6. The van der Waals surface area contributed by atoms with E-state index in [9.17, 15) is 0 Å². The SMILES string of the molecule is CCCNc1cc(N(C)Cc2ccc(OC)cc2)ncn1. The second-order valence-corrected chi connectivity index (χ2v) is 4.89. The van der Waals surface area contributed by atoms with Gasteiger partial charge in [0.1, 0.15) is 23.7 Å². The first kappa shape index (κ1) is 15.1. The molecule has 0 unspecified atom stereocenters. The van der Waals surface area contributed by atoms with Crippen LogP contribution in [0.25, 0.3) is 0 Å². The molecule has 0 saturated heterocycles. The Balaban J connectivity index is 2.03. The lowest BCUT2D eigenvalue weighted by atomic mass is 10.2. The highest BCUT2D eigenvalue weighted by atomic mass is 16.5. The van der Waals surface area contributed by atoms with E-state index in [2.05, 4.69) is 39.2 Å². The van der Waals surface area contributed by atoms with Crippen LogP contribution in [0.3, 0.4) is 0 Å². The van der Waals surface area contributed by atoms with Crippen LogP contribution in [0.1, 0.15) is 18.9 Å². The van der Waals surface area contributed by atoms with E-state index in [1.807, 2.05) is 25.2 Å². The standard InChI is InChI=1S/C16H22N4O/c1-4-9-17-15-10-16(19-12-18-15)20(2)11-13-5-7-14(21-3)8-6-13/h5-8,10,12H,4,9,11H2,1-3H3,(H,17,18,19). The summed E-state index contributed by atoms with van der Waals surface area (Å²) in [5.74, 6) is 2.64. The Bertz CT molecular complexity index is 556. The molecule has 1 aromatic carbocycles. The average Bonchev–Trinajstić information content (AvgIpc) is 2.54. The molecule has 0 amide bonds. The molecule has 2 aromatic rings. The summed E-state index contributed by atoms with van der Waals surface area (Å²) in [6, 6.07) is 10.0. The first-order valence-corrected chi connectivity index (χ1v) is 7.13. The van der Waals surface area contributed by atoms with E-state index in [1.165, 1.54) is 5.56 Å². The van der Waals surface area contributed by atoms with Gasteiger partial charge < -0.3 is 15.0 Å². The topological polar surface area (TPSA) is 50.3 Å². The molecular weight excluding hydrogens is 264 g/mol. The predicted molar refractivity (Wildman–Crippen MR) is 85.9 cm³/mol. The number of methoxy groups -OCH3 is 1. The minimum atomic E-state index is 0.786. The summed E-state index contributed by atoms with van der Waals surface area (Å²) < 4.78 is 5.17. The molecule has 0 aliphatic rings. The van der Waals surface area contributed by atoms with Crippen molar-refractivity contribution in [3.05, 3.63) is 42.2 Å². The van der Waals surface area contributed by atoms with Gasteiger partial charge in [-0.25, -0.2) is 9.97 Å². The van der Waals surface area contributed by atoms with Gasteiger partial charge in [0.2, 0.25) is 0 Å². The van der Waals surface area contributed by atoms with E-state index in [-0.39, 0.29) is 0 Å². The number of nitrogens with zero attached hydrogens (tertiary/aromatic N) is 3. The quantitative estimate of drug-likeness (QED) is 0.848. The highest BCUT2D eigenvalue weighted by Gasteiger charge is 2.05. The molecule has 1 N–H and O–H groups in total. The van der Waals surface area contributed by atoms with Gasteiger partial charge in [0, 0.05) is 26.2 Å². The second-order valence-electron chi connectivity index (χ2n) is 4.89. The Morgan fingerprint density at radius 1 is 1.19 bits per heavy atom. The third-order valence-electron chi connectivity index (χ3n) is 3.18. The van der Waals surface area contributed by atoms with Crippen LogP contribution in [0.2, 0.25) is 0 Å². The summed E-state index contributed by atoms with van der Waals surface area (Å²) in [5, 5.41) is 3.27. The molecule has 0 bridgehead atoms. The second kappa shape index (κ2) is 7.47. The normalized spacial score (nSPS) is 10.2. The fourth-order valence-electron chi connectivity index (χ4n) is 1.99. The van der Waals surface area contributed by atoms with Crippen molar-refractivity contribution in [2.75, 3.05) is 30.9 Å². The van der Waals surface area contributed by atoms with Gasteiger partial charge in [-0.1, -0.05) is 19.1 Å². The summed E-state index contributed by atoms with van der Waals surface area (Å²) in [6.45, 7) is 3.83. The van der Waals surface area contributed by atoms with Crippen LogP contribution in [0.5, 0.6) is 5.75 Å². The molecule has 21 heavy (non-hydrogen) atoms. The Morgan fingerprint density at radius 3 is 2.62 bits per heavy atom. The number of benzene rings is 1. The minimum absolute atomic E-state index is 0.786. The van der Waals surface area contributed by atoms with Crippen molar-refractivity contribution < 1.29 is 4.74 Å². The highest BCUT2D eigenvalue weighted by Crippen LogP contribution is 2.17. The Labute approximate surface area is 126 Å². The van der Waals surface area contributed by atoms with Gasteiger partial charge in [0.25, 0.3) is 0 Å². The van der Waals surface area contributed by atoms with E-state index < -0.39 is 0 Å². The first-order valence-electron chi connectivity index (χ1n) is 7.13. The zero-order valence-electron chi connectivity index (χ0n) is 12.8. The lowest BCUT2D eigenvalue weighted by molar-refractivity contribution is 0.414. The third-order valence-corrected chi connectivity index (χ3v) is 3.18. The van der Waals surface area contributed by atoms with Crippen molar-refractivity contribution in [1.82, 2.24) is 9.97 Å². The summed E-state index contributed by atoms with van der Waals surface area (Å²) in [6.07, 6.45) is 2.67. The molecule has 0 aliphatic carbocycles. The van der Waals surface area contributed by atoms with E-state index >= 15 is 0 Å². The Hall–Kier alpha value is -2.30. The largest absolute Gasteiger partial charge is 0.497 e. The number of hydrogen-bond acceptors (Lipinski definition) is 5. The monoisotopic (exact) mass is 286 g/mol. The van der Waals surface area contributed by atoms with Crippen LogP contribution in [0.4, 0.5) is 11.6 Å². The van der Waals surface area contributed by atoms with E-state index in [1.54, 1.807) is 13.4 Å². The Kier molecular flexibility index (Phi) is 5.37. The highest BCUT2D eigenvalue weighted by molar-refractivity contribution is 5.48. The molecule has 0 aliphatic heterocycles. The van der Waals surface area contributed by atoms with Gasteiger partial charge in [0.05, 0.1) is 7.11 Å². The summed E-state index contributed by atoms with van der Waals surface area (Å²) in [5.41, 5.74) is 1.21. The van der Waals surface area contributed by atoms with E-state index in [0.29, 0.717) is 0 Å². The number of ether oxygens (including phenoxy) is 1. The molecule has 0 saturated carbocycles. The first-order chi connectivity index (χ1) is 10.2. The van der Waals surface area contributed by atoms with Gasteiger partial charge in [-0.05, 0) is 24.1 Å². The third kappa shape index (κ3) is 4.34. The zero-order chi connectivity index (χ0) is 15.1. The number of anilines is 2. The van der Waals surface area contributed by atoms with Gasteiger partial charge in [-0.15, -0.1) is 0 Å². The smallest absolute Gasteiger partial charge is 0.134 e. The zero-order valence-corrected chi connectivity index (χ0v) is 12.8. The van der Waals surface area contributed by atoms with E-state index in [4.69, 9.17) is 4.74 Å². The van der Waals surface area contributed by atoms with Crippen molar-refractivity contribution in [3.8, 4) is 5.75 Å². The van der Waals surface area contributed by atoms with Crippen LogP contribution in [-0.4, -0.2) is 30.7 Å². The van der Waals surface area contributed by atoms with Gasteiger partial charge in [-0.2, -0.15) is 0 Å². The van der Waals surface area contributed by atoms with Crippen molar-refractivity contribution in [2.45, 2.75) is 19.9 Å². The minimum Gasteiger partial charge on any atom is -0.497 e. The predicted octanol–water partition coefficient (Wildman–Crippen LogP) is 2.94. The maximum atomic E-state index is 5.17. The van der Waals surface area contributed by atoms with Crippen molar-refractivity contribution >= 4 is 11.6 Å². The van der Waals surface area contributed by atoms with Gasteiger partial charge in [0.15, 0.2) is 0 Å². The molecular formula is C16H22N4O.